The summed E-state index contributed by atoms with van der Waals surface area (Å²) in [6.07, 6.45) is -5.29. The number of halogens is 5. The second-order valence-corrected chi connectivity index (χ2v) is 5.73. The largest absolute Gasteiger partial charge is 0.466 e. The molecule has 134 valence electrons. The van der Waals surface area contributed by atoms with Crippen molar-refractivity contribution in [3.05, 3.63) is 29.8 Å². The van der Waals surface area contributed by atoms with Gasteiger partial charge in [-0.1, -0.05) is 35.3 Å². The van der Waals surface area contributed by atoms with Crippen molar-refractivity contribution in [3.8, 4) is 0 Å². The first kappa shape index (κ1) is 20.5. The van der Waals surface area contributed by atoms with E-state index >= 15 is 0 Å². The second-order valence-electron chi connectivity index (χ2n) is 4.63. The summed E-state index contributed by atoms with van der Waals surface area (Å²) in [5.41, 5.74) is -4.36. The van der Waals surface area contributed by atoms with Gasteiger partial charge in [0.2, 0.25) is 0 Å². The van der Waals surface area contributed by atoms with Crippen LogP contribution in [0.25, 0.3) is 0 Å². The van der Waals surface area contributed by atoms with E-state index in [2.05, 4.69) is 4.74 Å². The quantitative estimate of drug-likeness (QED) is 0.623. The SMILES string of the molecule is CCN(C(=O)C(Cl)Cl)c1ccc([C@](O)(C(=O)OC)C(F)(F)F)cc1. The first-order valence-corrected chi connectivity index (χ1v) is 7.45. The molecule has 1 aromatic carbocycles. The minimum atomic E-state index is -5.29. The Morgan fingerprint density at radius 2 is 1.75 bits per heavy atom. The maximum Gasteiger partial charge on any atom is 0.432 e. The molecule has 24 heavy (non-hydrogen) atoms. The van der Waals surface area contributed by atoms with Gasteiger partial charge in [0.25, 0.3) is 11.5 Å². The van der Waals surface area contributed by atoms with E-state index in [0.717, 1.165) is 36.3 Å². The highest BCUT2D eigenvalue weighted by atomic mass is 35.5. The minimum Gasteiger partial charge on any atom is -0.466 e. The number of aliphatic hydroxyl groups is 1. The fourth-order valence-electron chi connectivity index (χ4n) is 2.01. The molecule has 0 spiro atoms. The summed E-state index contributed by atoms with van der Waals surface area (Å²) in [7, 11) is 0.728. The van der Waals surface area contributed by atoms with Gasteiger partial charge >= 0.3 is 12.1 Å². The zero-order valence-corrected chi connectivity index (χ0v) is 14.1. The lowest BCUT2D eigenvalue weighted by atomic mass is 9.93. The zero-order chi connectivity index (χ0) is 18.7. The van der Waals surface area contributed by atoms with Gasteiger partial charge < -0.3 is 14.7 Å². The van der Waals surface area contributed by atoms with Gasteiger partial charge in [-0.15, -0.1) is 0 Å². The molecule has 0 saturated heterocycles. The van der Waals surface area contributed by atoms with Crippen LogP contribution in [0.1, 0.15) is 12.5 Å². The van der Waals surface area contributed by atoms with Gasteiger partial charge in [0, 0.05) is 17.8 Å². The molecular weight excluding hydrogens is 374 g/mol. The Morgan fingerprint density at radius 1 is 1.25 bits per heavy atom. The molecule has 0 bridgehead atoms. The van der Waals surface area contributed by atoms with E-state index in [1.807, 2.05) is 0 Å². The number of alkyl halides is 5. The molecule has 0 heterocycles. The molecule has 0 aliphatic carbocycles. The molecule has 0 unspecified atom stereocenters. The number of carbonyl (C=O) groups is 2. The number of methoxy groups -OCH3 is 1. The van der Waals surface area contributed by atoms with E-state index in [0.29, 0.717) is 0 Å². The first-order chi connectivity index (χ1) is 11.0. The van der Waals surface area contributed by atoms with Crippen LogP contribution in [0.4, 0.5) is 18.9 Å². The second kappa shape index (κ2) is 7.58. The Morgan fingerprint density at radius 3 is 2.08 bits per heavy atom. The van der Waals surface area contributed by atoms with Crippen LogP contribution in [0.15, 0.2) is 24.3 Å². The van der Waals surface area contributed by atoms with Crippen molar-refractivity contribution in [3.63, 3.8) is 0 Å². The van der Waals surface area contributed by atoms with Gasteiger partial charge in [0.1, 0.15) is 0 Å². The number of ether oxygens (including phenoxy) is 1. The minimum absolute atomic E-state index is 0.161. The third-order valence-electron chi connectivity index (χ3n) is 3.26. The van der Waals surface area contributed by atoms with Crippen molar-refractivity contribution >= 4 is 40.8 Å². The van der Waals surface area contributed by atoms with Crippen molar-refractivity contribution in [2.75, 3.05) is 18.6 Å². The number of hydrogen-bond acceptors (Lipinski definition) is 4. The lowest BCUT2D eigenvalue weighted by molar-refractivity contribution is -0.266. The normalized spacial score (nSPS) is 14.2. The van der Waals surface area contributed by atoms with Crippen LogP contribution in [0.2, 0.25) is 0 Å². The summed E-state index contributed by atoms with van der Waals surface area (Å²) in [4.78, 5) is 23.1. The molecule has 1 aromatic rings. The number of benzene rings is 1. The molecule has 0 aromatic heterocycles. The predicted molar refractivity (Wildman–Crippen MR) is 81.9 cm³/mol. The van der Waals surface area contributed by atoms with Crippen LogP contribution in [0.3, 0.4) is 0 Å². The predicted octanol–water partition coefficient (Wildman–Crippen LogP) is 2.77. The van der Waals surface area contributed by atoms with Crippen LogP contribution in [0, 0.1) is 0 Å². The van der Waals surface area contributed by atoms with Crippen LogP contribution in [-0.4, -0.2) is 41.7 Å². The molecule has 0 radical (unpaired) electrons. The molecule has 1 atom stereocenters. The standard InChI is InChI=1S/C14H14Cl2F3NO4/c1-3-20(11(21)10(15)16)9-6-4-8(5-7-9)13(23,12(22)24-2)14(17,18)19/h4-7,10,23H,3H2,1-2H3/t13-/m0/s1. The molecule has 5 nitrogen and oxygen atoms in total. The molecule has 10 heteroatoms. The molecule has 0 fully saturated rings. The van der Waals surface area contributed by atoms with E-state index in [9.17, 15) is 27.9 Å². The van der Waals surface area contributed by atoms with Crippen molar-refractivity contribution in [2.45, 2.75) is 23.5 Å². The van der Waals surface area contributed by atoms with Crippen LogP contribution in [0.5, 0.6) is 0 Å². The number of carbonyl (C=O) groups excluding carboxylic acids is 2. The number of esters is 1. The average Bonchev–Trinajstić information content (AvgIpc) is 2.53. The molecule has 1 rings (SSSR count). The molecule has 0 aliphatic rings. The zero-order valence-electron chi connectivity index (χ0n) is 12.6. The first-order valence-electron chi connectivity index (χ1n) is 6.58. The van der Waals surface area contributed by atoms with Crippen molar-refractivity contribution in [2.24, 2.45) is 0 Å². The maximum atomic E-state index is 13.1. The number of amides is 1. The Kier molecular flexibility index (Phi) is 6.49. The number of rotatable bonds is 5. The van der Waals surface area contributed by atoms with Gasteiger partial charge in [0.05, 0.1) is 7.11 Å². The molecular formula is C14H14Cl2F3NO4. The Bertz CT molecular complexity index is 607. The van der Waals surface area contributed by atoms with Gasteiger partial charge in [-0.3, -0.25) is 4.79 Å². The van der Waals surface area contributed by atoms with E-state index < -0.39 is 34.1 Å². The highest BCUT2D eigenvalue weighted by molar-refractivity contribution is 6.54. The molecule has 1 N–H and O–H groups in total. The Labute approximate surface area is 145 Å². The van der Waals surface area contributed by atoms with E-state index in [-0.39, 0.29) is 12.2 Å². The number of anilines is 1. The lowest BCUT2D eigenvalue weighted by Gasteiger charge is -2.28. The lowest BCUT2D eigenvalue weighted by Crippen LogP contribution is -2.49. The molecule has 0 saturated carbocycles. The van der Waals surface area contributed by atoms with E-state index in [4.69, 9.17) is 23.2 Å². The van der Waals surface area contributed by atoms with Gasteiger partial charge in [0.15, 0.2) is 4.84 Å². The summed E-state index contributed by atoms with van der Waals surface area (Å²) in [5.74, 6) is -2.53. The monoisotopic (exact) mass is 387 g/mol. The van der Waals surface area contributed by atoms with Gasteiger partial charge in [-0.2, -0.15) is 13.2 Å². The summed E-state index contributed by atoms with van der Waals surface area (Å²) < 4.78 is 43.5. The topological polar surface area (TPSA) is 66.8 Å². The maximum absolute atomic E-state index is 13.1. The van der Waals surface area contributed by atoms with E-state index in [1.54, 1.807) is 6.92 Å². The van der Waals surface area contributed by atoms with Crippen LogP contribution in [-0.2, 0) is 19.9 Å². The van der Waals surface area contributed by atoms with E-state index in [1.165, 1.54) is 0 Å². The third kappa shape index (κ3) is 3.76. The summed E-state index contributed by atoms with van der Waals surface area (Å²) >= 11 is 11.0. The number of hydrogen-bond donors (Lipinski definition) is 1. The Hall–Kier alpha value is -1.51. The number of nitrogens with zero attached hydrogens (tertiary/aromatic N) is 1. The Balaban J connectivity index is 3.30. The molecule has 0 aliphatic heterocycles. The fourth-order valence-corrected chi connectivity index (χ4v) is 2.25. The van der Waals surface area contributed by atoms with Crippen molar-refractivity contribution in [1.82, 2.24) is 0 Å². The highest BCUT2D eigenvalue weighted by Gasteiger charge is 2.62. The van der Waals surface area contributed by atoms with Gasteiger partial charge in [-0.25, -0.2) is 4.79 Å². The third-order valence-corrected chi connectivity index (χ3v) is 3.63. The van der Waals surface area contributed by atoms with Crippen molar-refractivity contribution < 1.29 is 32.6 Å². The fraction of sp³-hybridized carbons (Fsp3) is 0.429. The van der Waals surface area contributed by atoms with Crippen LogP contribution < -0.4 is 4.90 Å². The van der Waals surface area contributed by atoms with Gasteiger partial charge in [-0.05, 0) is 19.1 Å². The average molecular weight is 388 g/mol. The smallest absolute Gasteiger partial charge is 0.432 e. The van der Waals surface area contributed by atoms with Crippen molar-refractivity contribution in [1.29, 1.82) is 0 Å². The summed E-state index contributed by atoms with van der Waals surface area (Å²) in [6, 6.07) is 4.00. The molecule has 1 amide bonds. The van der Waals surface area contributed by atoms with Crippen LogP contribution >= 0.6 is 23.2 Å². The summed E-state index contributed by atoms with van der Waals surface area (Å²) in [6.45, 7) is 1.77. The highest BCUT2D eigenvalue weighted by Crippen LogP contribution is 2.40. The summed E-state index contributed by atoms with van der Waals surface area (Å²) in [5, 5.41) is 9.85.